The van der Waals surface area contributed by atoms with Crippen LogP contribution in [0.25, 0.3) is 45.3 Å². The van der Waals surface area contributed by atoms with Crippen LogP contribution in [0.1, 0.15) is 35.0 Å². The Morgan fingerprint density at radius 3 is 2.02 bits per heavy atom. The van der Waals surface area contributed by atoms with E-state index in [9.17, 15) is 0 Å². The third kappa shape index (κ3) is 4.42. The molecule has 2 nitrogen and oxygen atoms in total. The van der Waals surface area contributed by atoms with Crippen LogP contribution in [0.15, 0.2) is 128 Å². The number of fused-ring (bicyclic) bond motifs is 2. The highest BCUT2D eigenvalue weighted by molar-refractivity contribution is 5.93. The van der Waals surface area contributed by atoms with Gasteiger partial charge in [-0.15, -0.1) is 0 Å². The summed E-state index contributed by atoms with van der Waals surface area (Å²) >= 11 is 0. The molecule has 0 amide bonds. The molecule has 0 spiro atoms. The summed E-state index contributed by atoms with van der Waals surface area (Å²) in [6.07, 6.45) is 12.5. The Kier molecular flexibility index (Phi) is 7.08. The van der Waals surface area contributed by atoms with Crippen LogP contribution in [0.2, 0.25) is 0 Å². The van der Waals surface area contributed by atoms with E-state index in [4.69, 9.17) is 0 Å². The molecule has 0 saturated heterocycles. The second-order valence-electron chi connectivity index (χ2n) is 10.1. The molecular weight excluding hydrogens is 484 g/mol. The Morgan fingerprint density at radius 2 is 1.32 bits per heavy atom. The molecule has 0 atom stereocenters. The molecule has 196 valence electrons. The molecule has 0 N–H and O–H groups in total. The zero-order valence-electron chi connectivity index (χ0n) is 23.2. The smallest absolute Gasteiger partial charge is 0.0572 e. The number of rotatable bonds is 8. The zero-order valence-corrected chi connectivity index (χ0v) is 23.2. The lowest BCUT2D eigenvalue weighted by Gasteiger charge is -2.12. The lowest BCUT2D eigenvalue weighted by atomic mass is 10.0. The van der Waals surface area contributed by atoms with Crippen LogP contribution >= 0.6 is 0 Å². The molecule has 0 fully saturated rings. The minimum absolute atomic E-state index is 0.831. The van der Waals surface area contributed by atoms with Gasteiger partial charge < -0.3 is 9.13 Å². The topological polar surface area (TPSA) is 9.86 Å². The molecule has 0 aliphatic rings. The lowest BCUT2D eigenvalue weighted by Crippen LogP contribution is -1.99. The van der Waals surface area contributed by atoms with Crippen LogP contribution in [0.3, 0.4) is 0 Å². The van der Waals surface area contributed by atoms with Gasteiger partial charge >= 0.3 is 0 Å². The maximum atomic E-state index is 3.90. The Labute approximate surface area is 236 Å². The molecule has 0 bridgehead atoms. The molecule has 6 rings (SSSR count). The Bertz CT molecular complexity index is 1860. The molecule has 2 heteroatoms. The van der Waals surface area contributed by atoms with Crippen LogP contribution in [0.5, 0.6) is 0 Å². The normalized spacial score (nSPS) is 11.8. The van der Waals surface area contributed by atoms with Crippen LogP contribution in [0, 0.1) is 6.92 Å². The van der Waals surface area contributed by atoms with Crippen molar-refractivity contribution in [2.24, 2.45) is 0 Å². The highest BCUT2D eigenvalue weighted by Crippen LogP contribution is 2.34. The molecule has 40 heavy (non-hydrogen) atoms. The molecular formula is C38H34N2. The number of benzene rings is 4. The highest BCUT2D eigenvalue weighted by atomic mass is 15.0. The van der Waals surface area contributed by atoms with E-state index >= 15 is 0 Å². The van der Waals surface area contributed by atoms with Crippen LogP contribution < -0.4 is 0 Å². The Hall–Kier alpha value is -4.82. The zero-order chi connectivity index (χ0) is 27.5. The summed E-state index contributed by atoms with van der Waals surface area (Å²) in [6.45, 7) is 8.37. The molecule has 0 aliphatic heterocycles. The second kappa shape index (κ2) is 11.1. The molecule has 0 saturated carbocycles. The number of nitrogens with zero attached hydrogens (tertiary/aromatic N) is 2. The van der Waals surface area contributed by atoms with Gasteiger partial charge in [-0.2, -0.15) is 0 Å². The van der Waals surface area contributed by atoms with Gasteiger partial charge in [-0.1, -0.05) is 105 Å². The maximum Gasteiger partial charge on any atom is 0.0572 e. The molecule has 0 unspecified atom stereocenters. The molecule has 0 aliphatic carbocycles. The van der Waals surface area contributed by atoms with Gasteiger partial charge in [-0.25, -0.2) is 0 Å². The summed E-state index contributed by atoms with van der Waals surface area (Å²) in [6, 6.07) is 36.8. The van der Waals surface area contributed by atoms with Crippen molar-refractivity contribution in [3.05, 3.63) is 156 Å². The van der Waals surface area contributed by atoms with E-state index < -0.39 is 0 Å². The van der Waals surface area contributed by atoms with Gasteiger partial charge in [0.2, 0.25) is 0 Å². The first kappa shape index (κ1) is 25.5. The third-order valence-corrected chi connectivity index (χ3v) is 7.78. The number of hydrogen-bond acceptors (Lipinski definition) is 0. The fourth-order valence-electron chi connectivity index (χ4n) is 5.98. The van der Waals surface area contributed by atoms with Gasteiger partial charge in [0.05, 0.1) is 11.0 Å². The van der Waals surface area contributed by atoms with Crippen LogP contribution in [-0.4, -0.2) is 9.13 Å². The number of aromatic nitrogens is 2. The van der Waals surface area contributed by atoms with E-state index in [1.807, 2.05) is 12.2 Å². The van der Waals surface area contributed by atoms with E-state index in [2.05, 4.69) is 151 Å². The highest BCUT2D eigenvalue weighted by Gasteiger charge is 2.17. The van der Waals surface area contributed by atoms with Crippen molar-refractivity contribution in [1.29, 1.82) is 0 Å². The quantitative estimate of drug-likeness (QED) is 0.177. The number of aryl methyl sites for hydroxylation is 2. The summed E-state index contributed by atoms with van der Waals surface area (Å²) in [5.41, 5.74) is 11.3. The van der Waals surface area contributed by atoms with Crippen LogP contribution in [-0.2, 0) is 12.8 Å². The summed E-state index contributed by atoms with van der Waals surface area (Å²) in [7, 11) is 0. The van der Waals surface area contributed by atoms with Gasteiger partial charge in [-0.05, 0) is 78.9 Å². The van der Waals surface area contributed by atoms with Gasteiger partial charge in [0.1, 0.15) is 0 Å². The Morgan fingerprint density at radius 1 is 0.675 bits per heavy atom. The molecule has 4 aromatic carbocycles. The second-order valence-corrected chi connectivity index (χ2v) is 10.1. The number of hydrogen-bond donors (Lipinski definition) is 0. The molecule has 2 aromatic heterocycles. The van der Waals surface area contributed by atoms with Gasteiger partial charge in [-0.3, -0.25) is 0 Å². The first-order valence-electron chi connectivity index (χ1n) is 14.0. The van der Waals surface area contributed by atoms with Gasteiger partial charge in [0.15, 0.2) is 0 Å². The van der Waals surface area contributed by atoms with E-state index in [1.165, 1.54) is 61.3 Å². The first-order chi connectivity index (χ1) is 19.7. The van der Waals surface area contributed by atoms with E-state index in [1.54, 1.807) is 0 Å². The number of para-hydroxylation sites is 4. The Balaban J connectivity index is 1.50. The summed E-state index contributed by atoms with van der Waals surface area (Å²) < 4.78 is 4.80. The summed E-state index contributed by atoms with van der Waals surface area (Å²) in [5.74, 6) is 0. The standard InChI is InChI=1S/C38H34N2/c1-4-6-25-35-28(3)33-24-15-17-29(38(33)40(35)31-21-11-8-12-22-31)18-16-27-36-32(5-2)34-23-13-14-26-37(34)39(36)30-19-9-7-10-20-30/h4,6-17,19-27H,1,5,18H2,2-3H3/b25-6-,27-16-. The first-order valence-corrected chi connectivity index (χ1v) is 14.0. The van der Waals surface area contributed by atoms with E-state index in [0.29, 0.717) is 0 Å². The van der Waals surface area contributed by atoms with Gasteiger partial charge in [0.25, 0.3) is 0 Å². The van der Waals surface area contributed by atoms with Crippen molar-refractivity contribution >= 4 is 34.0 Å². The summed E-state index contributed by atoms with van der Waals surface area (Å²) in [5, 5.41) is 2.61. The van der Waals surface area contributed by atoms with Crippen molar-refractivity contribution in [2.75, 3.05) is 0 Å². The fraction of sp³-hybridized carbons (Fsp3) is 0.105. The monoisotopic (exact) mass is 518 g/mol. The van der Waals surface area contributed by atoms with Crippen molar-refractivity contribution in [2.45, 2.75) is 26.7 Å². The summed E-state index contributed by atoms with van der Waals surface area (Å²) in [4.78, 5) is 0. The van der Waals surface area contributed by atoms with Crippen LogP contribution in [0.4, 0.5) is 0 Å². The minimum atomic E-state index is 0.831. The maximum absolute atomic E-state index is 3.90. The SMILES string of the molecule is C=C/C=C\c1c(C)c2cccc(C/C=C\c3c(CC)c4ccccc4n3-c3ccccc3)c2n1-c1ccccc1. The van der Waals surface area contributed by atoms with Crippen molar-refractivity contribution in [3.63, 3.8) is 0 Å². The predicted molar refractivity (Wildman–Crippen MR) is 173 cm³/mol. The minimum Gasteiger partial charge on any atom is -0.310 e. The van der Waals surface area contributed by atoms with Crippen molar-refractivity contribution in [1.82, 2.24) is 9.13 Å². The molecule has 0 radical (unpaired) electrons. The average Bonchev–Trinajstić information content (AvgIpc) is 3.48. The van der Waals surface area contributed by atoms with E-state index in [0.717, 1.165) is 12.8 Å². The average molecular weight is 519 g/mol. The van der Waals surface area contributed by atoms with E-state index in [-0.39, 0.29) is 0 Å². The number of allylic oxidation sites excluding steroid dienone is 3. The lowest BCUT2D eigenvalue weighted by molar-refractivity contribution is 1.06. The van der Waals surface area contributed by atoms with Crippen molar-refractivity contribution < 1.29 is 0 Å². The molecule has 2 heterocycles. The molecule has 6 aromatic rings. The third-order valence-electron chi connectivity index (χ3n) is 7.78. The largest absolute Gasteiger partial charge is 0.310 e. The predicted octanol–water partition coefficient (Wildman–Crippen LogP) is 9.90. The van der Waals surface area contributed by atoms with Crippen molar-refractivity contribution in [3.8, 4) is 11.4 Å². The fourth-order valence-corrected chi connectivity index (χ4v) is 5.98. The van der Waals surface area contributed by atoms with Gasteiger partial charge in [0, 0.05) is 33.5 Å².